The Morgan fingerprint density at radius 2 is 1.57 bits per heavy atom. The molecule has 0 aliphatic carbocycles. The third kappa shape index (κ3) is 5.70. The molecule has 0 unspecified atom stereocenters. The van der Waals surface area contributed by atoms with Crippen LogP contribution in [0.1, 0.15) is 25.0 Å². The van der Waals surface area contributed by atoms with Gasteiger partial charge in [-0.2, -0.15) is 0 Å². The van der Waals surface area contributed by atoms with Crippen LogP contribution in [0.2, 0.25) is 0 Å². The van der Waals surface area contributed by atoms with Crippen LogP contribution in [-0.2, 0) is 10.3 Å². The molecule has 124 valence electrons. The summed E-state index contributed by atoms with van der Waals surface area (Å²) in [4.78, 5) is 0. The van der Waals surface area contributed by atoms with Gasteiger partial charge in [0.05, 0.1) is 13.2 Å². The van der Waals surface area contributed by atoms with Crippen LogP contribution in [0.5, 0.6) is 5.75 Å². The molecule has 0 radical (unpaired) electrons. The average molecular weight is 313 g/mol. The van der Waals surface area contributed by atoms with Gasteiger partial charge in [0.2, 0.25) is 0 Å². The van der Waals surface area contributed by atoms with E-state index in [0.29, 0.717) is 19.8 Å². The Bertz CT molecular complexity index is 581. The minimum atomic E-state index is -0.0533. The molecule has 23 heavy (non-hydrogen) atoms. The Hall–Kier alpha value is -1.84. The van der Waals surface area contributed by atoms with Crippen LogP contribution >= 0.6 is 0 Å². The van der Waals surface area contributed by atoms with Crippen molar-refractivity contribution in [1.82, 2.24) is 5.32 Å². The first-order valence-corrected chi connectivity index (χ1v) is 8.16. The van der Waals surface area contributed by atoms with Crippen LogP contribution in [0.25, 0.3) is 0 Å². The first kappa shape index (κ1) is 17.5. The van der Waals surface area contributed by atoms with E-state index in [2.05, 4.69) is 43.4 Å². The zero-order valence-electron chi connectivity index (χ0n) is 14.3. The van der Waals surface area contributed by atoms with Crippen LogP contribution in [0, 0.1) is 6.92 Å². The topological polar surface area (TPSA) is 30.5 Å². The first-order chi connectivity index (χ1) is 11.1. The molecular formula is C20H27NO2. The Morgan fingerprint density at radius 3 is 2.30 bits per heavy atom. The summed E-state index contributed by atoms with van der Waals surface area (Å²) in [5, 5.41) is 3.53. The Morgan fingerprint density at radius 1 is 0.870 bits per heavy atom. The average Bonchev–Trinajstić information content (AvgIpc) is 2.56. The number of ether oxygens (including phenoxy) is 2. The molecule has 0 aliphatic heterocycles. The Balaban J connectivity index is 1.60. The summed E-state index contributed by atoms with van der Waals surface area (Å²) in [6.45, 7) is 9.08. The number of hydrogen-bond donors (Lipinski definition) is 1. The standard InChI is InChI=1S/C20H27NO2/c1-17-9-7-8-12-19(17)23-16-15-22-14-13-21-20(2,3)18-10-5-4-6-11-18/h4-12,21H,13-16H2,1-3H3. The van der Waals surface area contributed by atoms with E-state index >= 15 is 0 Å². The van der Waals surface area contributed by atoms with Crippen molar-refractivity contribution in [3.8, 4) is 5.75 Å². The summed E-state index contributed by atoms with van der Waals surface area (Å²) < 4.78 is 11.3. The Kier molecular flexibility index (Phi) is 6.63. The number of aryl methyl sites for hydroxylation is 1. The van der Waals surface area contributed by atoms with E-state index in [0.717, 1.165) is 17.9 Å². The molecule has 0 aliphatic rings. The number of hydrogen-bond acceptors (Lipinski definition) is 3. The van der Waals surface area contributed by atoms with Gasteiger partial charge in [0, 0.05) is 12.1 Å². The van der Waals surface area contributed by atoms with Crippen molar-refractivity contribution in [3.63, 3.8) is 0 Å². The van der Waals surface area contributed by atoms with Crippen molar-refractivity contribution < 1.29 is 9.47 Å². The normalized spacial score (nSPS) is 11.4. The predicted octanol–water partition coefficient (Wildman–Crippen LogP) is 3.92. The summed E-state index contributed by atoms with van der Waals surface area (Å²) in [6.07, 6.45) is 0. The second kappa shape index (κ2) is 8.70. The minimum Gasteiger partial charge on any atom is -0.491 e. The van der Waals surface area contributed by atoms with Gasteiger partial charge in [-0.3, -0.25) is 0 Å². The second-order valence-corrected chi connectivity index (χ2v) is 6.14. The van der Waals surface area contributed by atoms with Crippen molar-refractivity contribution in [2.45, 2.75) is 26.3 Å². The van der Waals surface area contributed by atoms with Gasteiger partial charge in [-0.25, -0.2) is 0 Å². The number of benzene rings is 2. The molecule has 2 aromatic rings. The summed E-state index contributed by atoms with van der Waals surface area (Å²) in [6, 6.07) is 18.5. The van der Waals surface area contributed by atoms with Gasteiger partial charge in [0.25, 0.3) is 0 Å². The van der Waals surface area contributed by atoms with Crippen LogP contribution in [0.15, 0.2) is 54.6 Å². The molecule has 0 heterocycles. The van der Waals surface area contributed by atoms with Crippen molar-refractivity contribution in [3.05, 3.63) is 65.7 Å². The lowest BCUT2D eigenvalue weighted by atomic mass is 9.94. The van der Waals surface area contributed by atoms with Crippen LogP contribution in [0.4, 0.5) is 0 Å². The molecule has 0 atom stereocenters. The quantitative estimate of drug-likeness (QED) is 0.712. The fraction of sp³-hybridized carbons (Fsp3) is 0.400. The molecule has 0 aromatic heterocycles. The van der Waals surface area contributed by atoms with E-state index in [1.807, 2.05) is 37.3 Å². The van der Waals surface area contributed by atoms with Gasteiger partial charge >= 0.3 is 0 Å². The van der Waals surface area contributed by atoms with Gasteiger partial charge in [-0.1, -0.05) is 48.5 Å². The van der Waals surface area contributed by atoms with E-state index in [4.69, 9.17) is 9.47 Å². The van der Waals surface area contributed by atoms with E-state index < -0.39 is 0 Å². The van der Waals surface area contributed by atoms with Gasteiger partial charge in [-0.05, 0) is 38.0 Å². The Labute approximate surface area is 139 Å². The highest BCUT2D eigenvalue weighted by atomic mass is 16.5. The minimum absolute atomic E-state index is 0.0533. The molecule has 1 N–H and O–H groups in total. The number of rotatable bonds is 9. The van der Waals surface area contributed by atoms with Crippen molar-refractivity contribution in [2.75, 3.05) is 26.4 Å². The molecule has 0 saturated carbocycles. The van der Waals surface area contributed by atoms with Crippen LogP contribution in [0.3, 0.4) is 0 Å². The predicted molar refractivity (Wildman–Crippen MR) is 95.0 cm³/mol. The lowest BCUT2D eigenvalue weighted by Gasteiger charge is -2.27. The van der Waals surface area contributed by atoms with E-state index in [1.165, 1.54) is 5.56 Å². The monoisotopic (exact) mass is 313 g/mol. The highest BCUT2D eigenvalue weighted by Crippen LogP contribution is 2.19. The fourth-order valence-corrected chi connectivity index (χ4v) is 2.42. The third-order valence-electron chi connectivity index (χ3n) is 3.89. The molecule has 0 saturated heterocycles. The van der Waals surface area contributed by atoms with Crippen LogP contribution < -0.4 is 10.1 Å². The summed E-state index contributed by atoms with van der Waals surface area (Å²) in [5.41, 5.74) is 2.38. The second-order valence-electron chi connectivity index (χ2n) is 6.14. The maximum Gasteiger partial charge on any atom is 0.122 e. The molecule has 3 heteroatoms. The molecule has 0 amide bonds. The van der Waals surface area contributed by atoms with Crippen molar-refractivity contribution in [2.24, 2.45) is 0 Å². The maximum absolute atomic E-state index is 5.71. The number of para-hydroxylation sites is 1. The highest BCUT2D eigenvalue weighted by Gasteiger charge is 2.18. The molecule has 0 bridgehead atoms. The van der Waals surface area contributed by atoms with Gasteiger partial charge in [0.1, 0.15) is 12.4 Å². The van der Waals surface area contributed by atoms with E-state index in [-0.39, 0.29) is 5.54 Å². The highest BCUT2D eigenvalue weighted by molar-refractivity contribution is 5.31. The molecule has 0 spiro atoms. The SMILES string of the molecule is Cc1ccccc1OCCOCCNC(C)(C)c1ccccc1. The van der Waals surface area contributed by atoms with Gasteiger partial charge in [-0.15, -0.1) is 0 Å². The van der Waals surface area contributed by atoms with Crippen molar-refractivity contribution >= 4 is 0 Å². The fourth-order valence-electron chi connectivity index (χ4n) is 2.42. The number of nitrogens with one attached hydrogen (secondary N) is 1. The molecule has 0 fully saturated rings. The zero-order valence-corrected chi connectivity index (χ0v) is 14.3. The van der Waals surface area contributed by atoms with E-state index in [9.17, 15) is 0 Å². The smallest absolute Gasteiger partial charge is 0.122 e. The zero-order chi connectivity index (χ0) is 16.5. The van der Waals surface area contributed by atoms with Gasteiger partial charge in [0.15, 0.2) is 0 Å². The first-order valence-electron chi connectivity index (χ1n) is 8.16. The molecule has 2 rings (SSSR count). The van der Waals surface area contributed by atoms with Crippen molar-refractivity contribution in [1.29, 1.82) is 0 Å². The summed E-state index contributed by atoms with van der Waals surface area (Å²) in [5.74, 6) is 0.930. The molecular weight excluding hydrogens is 286 g/mol. The summed E-state index contributed by atoms with van der Waals surface area (Å²) in [7, 11) is 0. The van der Waals surface area contributed by atoms with Gasteiger partial charge < -0.3 is 14.8 Å². The summed E-state index contributed by atoms with van der Waals surface area (Å²) >= 11 is 0. The lowest BCUT2D eigenvalue weighted by Crippen LogP contribution is -2.38. The molecule has 2 aromatic carbocycles. The lowest BCUT2D eigenvalue weighted by molar-refractivity contribution is 0.0976. The third-order valence-corrected chi connectivity index (χ3v) is 3.89. The van der Waals surface area contributed by atoms with E-state index in [1.54, 1.807) is 0 Å². The maximum atomic E-state index is 5.71. The largest absolute Gasteiger partial charge is 0.491 e. The van der Waals surface area contributed by atoms with Crippen LogP contribution in [-0.4, -0.2) is 26.4 Å². The molecule has 3 nitrogen and oxygen atoms in total.